The molecule has 0 saturated heterocycles. The summed E-state index contributed by atoms with van der Waals surface area (Å²) in [6, 6.07) is 0. The molecule has 0 rings (SSSR count). The fraction of sp³-hybridized carbons (Fsp3) is 1.00. The van der Waals surface area contributed by atoms with Crippen molar-refractivity contribution in [2.24, 2.45) is 5.90 Å². The highest BCUT2D eigenvalue weighted by atomic mass is 35.5. The minimum atomic E-state index is 0. The Kier molecular flexibility index (Phi) is 6.29. The summed E-state index contributed by atoms with van der Waals surface area (Å²) in [5.74, 6) is 5.05. The van der Waals surface area contributed by atoms with Crippen LogP contribution in [0.15, 0.2) is 0 Å². The predicted molar refractivity (Wildman–Crippen MR) is 37.4 cm³/mol. The van der Waals surface area contributed by atoms with Crippen molar-refractivity contribution in [1.82, 2.24) is 0 Å². The van der Waals surface area contributed by atoms with Crippen LogP contribution in [0.2, 0.25) is 0 Å². The molecular formula is C6H17ClN2O. The molecule has 2 N–H and O–H groups in total. The Morgan fingerprint density at radius 3 is 1.80 bits per heavy atom. The minimum absolute atomic E-state index is 0. The molecule has 0 fully saturated rings. The van der Waals surface area contributed by atoms with E-state index in [0.29, 0.717) is 0 Å². The Morgan fingerprint density at radius 1 is 1.40 bits per heavy atom. The molecule has 0 spiro atoms. The number of hydrogen-bond acceptors (Lipinski definition) is 2. The van der Waals surface area contributed by atoms with Gasteiger partial charge in [0.15, 0.2) is 0 Å². The number of quaternary nitrogens is 1. The summed E-state index contributed by atoms with van der Waals surface area (Å²) in [5.41, 5.74) is 0. The monoisotopic (exact) mass is 168 g/mol. The first-order valence-electron chi connectivity index (χ1n) is 3.19. The fourth-order valence-corrected chi connectivity index (χ4v) is 0.827. The second-order valence-corrected chi connectivity index (χ2v) is 3.12. The molecule has 0 radical (unpaired) electrons. The van der Waals surface area contributed by atoms with Gasteiger partial charge in [0.25, 0.3) is 0 Å². The van der Waals surface area contributed by atoms with Crippen molar-refractivity contribution in [2.75, 3.05) is 21.1 Å². The van der Waals surface area contributed by atoms with Crippen LogP contribution in [-0.4, -0.2) is 31.9 Å². The minimum Gasteiger partial charge on any atom is -1.00 e. The Bertz CT molecular complexity index is 78.3. The van der Waals surface area contributed by atoms with Crippen molar-refractivity contribution in [2.45, 2.75) is 19.6 Å². The molecule has 0 aromatic heterocycles. The maximum atomic E-state index is 5.05. The summed E-state index contributed by atoms with van der Waals surface area (Å²) < 4.78 is 0.757. The van der Waals surface area contributed by atoms with E-state index < -0.39 is 0 Å². The van der Waals surface area contributed by atoms with E-state index in [4.69, 9.17) is 10.7 Å². The standard InChI is InChI=1S/C6H17N2O.ClH/c1-5-6(9-7)8(2,3)4;/h6H,5,7H2,1-4H3;1H/q+1;/p-1. The smallest absolute Gasteiger partial charge is 0.210 e. The molecular weight excluding hydrogens is 152 g/mol. The zero-order valence-electron chi connectivity index (χ0n) is 7.10. The van der Waals surface area contributed by atoms with Gasteiger partial charge < -0.3 is 16.9 Å². The molecule has 0 saturated carbocycles. The molecule has 4 heteroatoms. The Hall–Kier alpha value is 0.170. The lowest BCUT2D eigenvalue weighted by molar-refractivity contribution is -0.920. The molecule has 0 aromatic carbocycles. The lowest BCUT2D eigenvalue weighted by Crippen LogP contribution is -3.00. The van der Waals surface area contributed by atoms with Crippen LogP contribution in [0.5, 0.6) is 0 Å². The second kappa shape index (κ2) is 4.91. The van der Waals surface area contributed by atoms with E-state index in [2.05, 4.69) is 28.1 Å². The van der Waals surface area contributed by atoms with Crippen LogP contribution < -0.4 is 18.3 Å². The SMILES string of the molecule is CCC(ON)[N+](C)(C)C.[Cl-]. The van der Waals surface area contributed by atoms with Gasteiger partial charge in [-0.15, -0.1) is 0 Å². The van der Waals surface area contributed by atoms with Crippen molar-refractivity contribution >= 4 is 0 Å². The van der Waals surface area contributed by atoms with Crippen molar-refractivity contribution in [1.29, 1.82) is 0 Å². The molecule has 0 aliphatic rings. The van der Waals surface area contributed by atoms with Gasteiger partial charge in [0.1, 0.15) is 0 Å². The van der Waals surface area contributed by atoms with E-state index in [9.17, 15) is 0 Å². The molecule has 0 bridgehead atoms. The molecule has 3 nitrogen and oxygen atoms in total. The maximum absolute atomic E-state index is 5.05. The zero-order valence-corrected chi connectivity index (χ0v) is 7.85. The first-order valence-corrected chi connectivity index (χ1v) is 3.19. The molecule has 1 unspecified atom stereocenters. The average Bonchev–Trinajstić information content (AvgIpc) is 1.65. The van der Waals surface area contributed by atoms with E-state index in [-0.39, 0.29) is 18.6 Å². The highest BCUT2D eigenvalue weighted by Crippen LogP contribution is 2.05. The molecule has 0 aliphatic carbocycles. The van der Waals surface area contributed by atoms with Crippen LogP contribution in [0.25, 0.3) is 0 Å². The third-order valence-electron chi connectivity index (χ3n) is 1.37. The molecule has 10 heavy (non-hydrogen) atoms. The Labute approximate surface area is 69.1 Å². The third kappa shape index (κ3) is 4.06. The van der Waals surface area contributed by atoms with Gasteiger partial charge in [-0.05, 0) is 0 Å². The zero-order chi connectivity index (χ0) is 7.49. The summed E-state index contributed by atoms with van der Waals surface area (Å²) in [4.78, 5) is 4.74. The number of hydrogen-bond donors (Lipinski definition) is 1. The number of rotatable bonds is 3. The largest absolute Gasteiger partial charge is 1.00 e. The average molecular weight is 169 g/mol. The van der Waals surface area contributed by atoms with Crippen LogP contribution in [0, 0.1) is 0 Å². The third-order valence-corrected chi connectivity index (χ3v) is 1.37. The number of halogens is 1. The highest BCUT2D eigenvalue weighted by molar-refractivity contribution is 4.34. The topological polar surface area (TPSA) is 35.2 Å². The van der Waals surface area contributed by atoms with E-state index in [1.165, 1.54) is 0 Å². The van der Waals surface area contributed by atoms with Gasteiger partial charge in [-0.2, -0.15) is 0 Å². The molecule has 64 valence electrons. The first kappa shape index (κ1) is 12.8. The van der Waals surface area contributed by atoms with Gasteiger partial charge in [-0.25, -0.2) is 10.7 Å². The first-order chi connectivity index (χ1) is 4.02. The summed E-state index contributed by atoms with van der Waals surface area (Å²) in [7, 11) is 6.17. The summed E-state index contributed by atoms with van der Waals surface area (Å²) in [6.45, 7) is 2.06. The van der Waals surface area contributed by atoms with Gasteiger partial charge in [-0.3, -0.25) is 0 Å². The van der Waals surface area contributed by atoms with Gasteiger partial charge in [0.2, 0.25) is 6.23 Å². The number of nitrogens with zero attached hydrogens (tertiary/aromatic N) is 1. The predicted octanol–water partition coefficient (Wildman–Crippen LogP) is -2.68. The maximum Gasteiger partial charge on any atom is 0.210 e. The van der Waals surface area contributed by atoms with Crippen LogP contribution in [0.4, 0.5) is 0 Å². The summed E-state index contributed by atoms with van der Waals surface area (Å²) >= 11 is 0. The van der Waals surface area contributed by atoms with Crippen molar-refractivity contribution in [3.8, 4) is 0 Å². The number of nitrogens with two attached hydrogens (primary N) is 1. The summed E-state index contributed by atoms with van der Waals surface area (Å²) in [6.07, 6.45) is 1.06. The van der Waals surface area contributed by atoms with Gasteiger partial charge >= 0.3 is 0 Å². The van der Waals surface area contributed by atoms with Crippen molar-refractivity contribution < 1.29 is 21.7 Å². The molecule has 0 heterocycles. The van der Waals surface area contributed by atoms with Gasteiger partial charge in [-0.1, -0.05) is 6.92 Å². The summed E-state index contributed by atoms with van der Waals surface area (Å²) in [5, 5.41) is 0. The lowest BCUT2D eigenvalue weighted by atomic mass is 10.3. The van der Waals surface area contributed by atoms with Crippen molar-refractivity contribution in [3.05, 3.63) is 0 Å². The van der Waals surface area contributed by atoms with Crippen LogP contribution in [0.3, 0.4) is 0 Å². The van der Waals surface area contributed by atoms with E-state index in [0.717, 1.165) is 10.9 Å². The van der Waals surface area contributed by atoms with Crippen LogP contribution in [0.1, 0.15) is 13.3 Å². The van der Waals surface area contributed by atoms with Crippen LogP contribution >= 0.6 is 0 Å². The Morgan fingerprint density at radius 2 is 1.80 bits per heavy atom. The highest BCUT2D eigenvalue weighted by Gasteiger charge is 2.20. The normalized spacial score (nSPS) is 14.1. The molecule has 0 aromatic rings. The molecule has 0 amide bonds. The fourth-order valence-electron chi connectivity index (χ4n) is 0.827. The quantitative estimate of drug-likeness (QED) is 0.283. The second-order valence-electron chi connectivity index (χ2n) is 3.12. The van der Waals surface area contributed by atoms with Gasteiger partial charge in [0.05, 0.1) is 21.1 Å². The van der Waals surface area contributed by atoms with E-state index >= 15 is 0 Å². The van der Waals surface area contributed by atoms with Gasteiger partial charge in [0, 0.05) is 6.42 Å². The van der Waals surface area contributed by atoms with Crippen LogP contribution in [-0.2, 0) is 4.84 Å². The lowest BCUT2D eigenvalue weighted by Gasteiger charge is -2.30. The Balaban J connectivity index is 0. The molecule has 0 aliphatic heterocycles. The molecule has 1 atom stereocenters. The van der Waals surface area contributed by atoms with E-state index in [1.54, 1.807) is 0 Å². The van der Waals surface area contributed by atoms with Crippen molar-refractivity contribution in [3.63, 3.8) is 0 Å². The van der Waals surface area contributed by atoms with E-state index in [1.807, 2.05) is 0 Å².